The predicted molar refractivity (Wildman–Crippen MR) is 222 cm³/mol. The number of hydrogen-bond acceptors (Lipinski definition) is 3. The SMILES string of the molecule is c1ccc(N(c2ccccc2)c2cc3c4c(c2)-n2c5ccccc5c5cc6c(oc7ccccc76)c(c52)B4c2ccccc2N3c2ccccc2)cc1. The molecular weight excluding hydrogens is 645 g/mol. The number of aromatic nitrogens is 1. The van der Waals surface area contributed by atoms with Crippen molar-refractivity contribution in [2.75, 3.05) is 9.80 Å². The second-order valence-corrected chi connectivity index (χ2v) is 14.1. The maximum Gasteiger partial charge on any atom is 0.257 e. The summed E-state index contributed by atoms with van der Waals surface area (Å²) in [5.74, 6) is 0. The lowest BCUT2D eigenvalue weighted by Gasteiger charge is -2.41. The molecule has 0 saturated heterocycles. The molecule has 0 fully saturated rings. The van der Waals surface area contributed by atoms with Crippen molar-refractivity contribution in [2.45, 2.75) is 0 Å². The van der Waals surface area contributed by atoms with Crippen LogP contribution in [0.25, 0.3) is 49.4 Å². The number of para-hydroxylation sites is 6. The number of benzene rings is 8. The van der Waals surface area contributed by atoms with Crippen LogP contribution in [0.3, 0.4) is 0 Å². The summed E-state index contributed by atoms with van der Waals surface area (Å²) >= 11 is 0. The molecule has 0 saturated carbocycles. The topological polar surface area (TPSA) is 24.6 Å². The molecule has 12 rings (SSSR count). The normalized spacial score (nSPS) is 12.8. The zero-order valence-corrected chi connectivity index (χ0v) is 28.6. The van der Waals surface area contributed by atoms with Gasteiger partial charge in [0, 0.05) is 55.7 Å². The van der Waals surface area contributed by atoms with E-state index >= 15 is 0 Å². The van der Waals surface area contributed by atoms with Gasteiger partial charge in [0.25, 0.3) is 6.71 Å². The van der Waals surface area contributed by atoms with E-state index in [0.717, 1.165) is 50.4 Å². The fourth-order valence-corrected chi connectivity index (χ4v) is 9.24. The highest BCUT2D eigenvalue weighted by molar-refractivity contribution is 7.01. The Hall–Kier alpha value is -6.98. The third-order valence-corrected chi connectivity index (χ3v) is 11.3. The van der Waals surface area contributed by atoms with Crippen LogP contribution < -0.4 is 26.2 Å². The van der Waals surface area contributed by atoms with Crippen molar-refractivity contribution < 1.29 is 4.42 Å². The van der Waals surface area contributed by atoms with Gasteiger partial charge in [-0.3, -0.25) is 0 Å². The van der Waals surface area contributed by atoms with Gasteiger partial charge in [0.2, 0.25) is 0 Å². The quantitative estimate of drug-likeness (QED) is 0.174. The molecule has 2 aliphatic heterocycles. The van der Waals surface area contributed by atoms with E-state index in [-0.39, 0.29) is 6.71 Å². The standard InChI is InChI=1S/C48H30BN3O/c1-4-16-31(17-5-1)50(32-18-6-2-7-19-32)34-28-42-45-43(29-34)52-40-25-13-10-22-35(40)37-30-38-36-23-11-15-27-44(36)53-48(38)46(47(37)52)49(45)39-24-12-14-26-41(39)51(42)33-20-8-3-9-21-33/h1-30H. The molecule has 4 nitrogen and oxygen atoms in total. The average Bonchev–Trinajstić information content (AvgIpc) is 3.76. The molecule has 0 amide bonds. The Morgan fingerprint density at radius 2 is 1.08 bits per heavy atom. The van der Waals surface area contributed by atoms with Crippen molar-refractivity contribution in [1.82, 2.24) is 4.57 Å². The fraction of sp³-hybridized carbons (Fsp3) is 0. The Morgan fingerprint density at radius 3 is 1.85 bits per heavy atom. The first-order valence-corrected chi connectivity index (χ1v) is 18.2. The van der Waals surface area contributed by atoms with Crippen molar-refractivity contribution in [3.05, 3.63) is 182 Å². The maximum atomic E-state index is 6.95. The van der Waals surface area contributed by atoms with E-state index in [1.54, 1.807) is 0 Å². The first kappa shape index (κ1) is 28.7. The van der Waals surface area contributed by atoms with Crippen LogP contribution >= 0.6 is 0 Å². The molecule has 4 heterocycles. The Bertz CT molecular complexity index is 3040. The van der Waals surface area contributed by atoms with E-state index in [9.17, 15) is 0 Å². The van der Waals surface area contributed by atoms with Crippen molar-refractivity contribution in [3.63, 3.8) is 0 Å². The predicted octanol–water partition coefficient (Wildman–Crippen LogP) is 10.8. The summed E-state index contributed by atoms with van der Waals surface area (Å²) in [6.45, 7) is -0.0595. The molecule has 2 aromatic heterocycles. The molecule has 0 bridgehead atoms. The van der Waals surface area contributed by atoms with Gasteiger partial charge in [-0.05, 0) is 89.2 Å². The van der Waals surface area contributed by atoms with Gasteiger partial charge in [-0.15, -0.1) is 0 Å². The molecule has 0 aliphatic carbocycles. The van der Waals surface area contributed by atoms with Gasteiger partial charge in [-0.2, -0.15) is 0 Å². The summed E-state index contributed by atoms with van der Waals surface area (Å²) in [5, 5.41) is 4.80. The van der Waals surface area contributed by atoms with E-state index in [0.29, 0.717) is 0 Å². The van der Waals surface area contributed by atoms with E-state index in [4.69, 9.17) is 4.42 Å². The summed E-state index contributed by atoms with van der Waals surface area (Å²) in [6.07, 6.45) is 0. The molecule has 0 spiro atoms. The zero-order chi connectivity index (χ0) is 34.6. The molecule has 0 radical (unpaired) electrons. The molecule has 0 unspecified atom stereocenters. The summed E-state index contributed by atoms with van der Waals surface area (Å²) in [6, 6.07) is 65.8. The Kier molecular flexibility index (Phi) is 5.83. The van der Waals surface area contributed by atoms with Gasteiger partial charge >= 0.3 is 0 Å². The van der Waals surface area contributed by atoms with Gasteiger partial charge in [0.1, 0.15) is 11.2 Å². The van der Waals surface area contributed by atoms with Crippen LogP contribution in [-0.4, -0.2) is 11.3 Å². The minimum Gasteiger partial charge on any atom is -0.457 e. The molecular formula is C48H30BN3O. The van der Waals surface area contributed by atoms with Crippen molar-refractivity contribution in [2.24, 2.45) is 0 Å². The summed E-state index contributed by atoms with van der Waals surface area (Å²) in [4.78, 5) is 4.85. The third-order valence-electron chi connectivity index (χ3n) is 11.3. The van der Waals surface area contributed by atoms with Crippen molar-refractivity contribution in [3.8, 4) is 5.69 Å². The highest BCUT2D eigenvalue weighted by atomic mass is 16.3. The average molecular weight is 676 g/mol. The molecule has 53 heavy (non-hydrogen) atoms. The van der Waals surface area contributed by atoms with Crippen molar-refractivity contribution >= 4 is 101 Å². The number of fused-ring (bicyclic) bond motifs is 11. The van der Waals surface area contributed by atoms with Gasteiger partial charge in [0.05, 0.1) is 16.7 Å². The number of hydrogen-bond donors (Lipinski definition) is 0. The van der Waals surface area contributed by atoms with Crippen LogP contribution in [0.15, 0.2) is 186 Å². The van der Waals surface area contributed by atoms with E-state index in [2.05, 4.69) is 196 Å². The second kappa shape index (κ2) is 10.8. The van der Waals surface area contributed by atoms with Gasteiger partial charge in [0.15, 0.2) is 0 Å². The van der Waals surface area contributed by atoms with Gasteiger partial charge in [-0.25, -0.2) is 0 Å². The summed E-state index contributed by atoms with van der Waals surface area (Å²) in [7, 11) is 0. The lowest BCUT2D eigenvalue weighted by Crippen LogP contribution is -2.60. The highest BCUT2D eigenvalue weighted by Crippen LogP contribution is 2.46. The number of furan rings is 1. The van der Waals surface area contributed by atoms with E-state index in [1.165, 1.54) is 49.6 Å². The highest BCUT2D eigenvalue weighted by Gasteiger charge is 2.44. The van der Waals surface area contributed by atoms with Crippen LogP contribution in [0, 0.1) is 0 Å². The summed E-state index contributed by atoms with van der Waals surface area (Å²) in [5.41, 5.74) is 16.0. The largest absolute Gasteiger partial charge is 0.457 e. The van der Waals surface area contributed by atoms with Crippen molar-refractivity contribution in [1.29, 1.82) is 0 Å². The second-order valence-electron chi connectivity index (χ2n) is 14.1. The minimum atomic E-state index is -0.0595. The first-order chi connectivity index (χ1) is 26.3. The lowest BCUT2D eigenvalue weighted by atomic mass is 9.33. The third kappa shape index (κ3) is 3.91. The number of nitrogens with zero attached hydrogens (tertiary/aromatic N) is 3. The summed E-state index contributed by atoms with van der Waals surface area (Å²) < 4.78 is 9.47. The smallest absolute Gasteiger partial charge is 0.257 e. The van der Waals surface area contributed by atoms with Crippen LogP contribution in [-0.2, 0) is 0 Å². The zero-order valence-electron chi connectivity index (χ0n) is 28.6. The Labute approximate surface area is 306 Å². The molecule has 8 aromatic carbocycles. The Balaban J connectivity index is 1.29. The number of anilines is 6. The van der Waals surface area contributed by atoms with Gasteiger partial charge < -0.3 is 18.8 Å². The molecule has 10 aromatic rings. The molecule has 0 N–H and O–H groups in total. The van der Waals surface area contributed by atoms with E-state index in [1.807, 2.05) is 0 Å². The van der Waals surface area contributed by atoms with Crippen LogP contribution in [0.4, 0.5) is 34.1 Å². The molecule has 0 atom stereocenters. The first-order valence-electron chi connectivity index (χ1n) is 18.2. The maximum absolute atomic E-state index is 6.95. The monoisotopic (exact) mass is 675 g/mol. The minimum absolute atomic E-state index is 0.0595. The Morgan fingerprint density at radius 1 is 0.453 bits per heavy atom. The molecule has 246 valence electrons. The van der Waals surface area contributed by atoms with Crippen LogP contribution in [0.1, 0.15) is 0 Å². The van der Waals surface area contributed by atoms with Crippen LogP contribution in [0.5, 0.6) is 0 Å². The van der Waals surface area contributed by atoms with Gasteiger partial charge in [-0.1, -0.05) is 109 Å². The molecule has 2 aliphatic rings. The molecule has 5 heteroatoms. The van der Waals surface area contributed by atoms with Crippen LogP contribution in [0.2, 0.25) is 0 Å². The van der Waals surface area contributed by atoms with E-state index < -0.39 is 0 Å². The number of rotatable bonds is 4. The lowest BCUT2D eigenvalue weighted by molar-refractivity contribution is 0.671. The fourth-order valence-electron chi connectivity index (χ4n) is 9.24.